The van der Waals surface area contributed by atoms with Crippen LogP contribution in [-0.2, 0) is 0 Å². The van der Waals surface area contributed by atoms with E-state index in [0.717, 1.165) is 5.69 Å². The topological polar surface area (TPSA) is 43.3 Å². The van der Waals surface area contributed by atoms with Crippen LogP contribution in [0.2, 0.25) is 0 Å². The highest BCUT2D eigenvalue weighted by atomic mass is 19.1. The summed E-state index contributed by atoms with van der Waals surface area (Å²) >= 11 is 0. The highest BCUT2D eigenvalue weighted by molar-refractivity contribution is 5.64. The lowest BCUT2D eigenvalue weighted by Crippen LogP contribution is -1.93. The zero-order chi connectivity index (χ0) is 8.72. The predicted octanol–water partition coefficient (Wildman–Crippen LogP) is 1.36. The molecular formula is C8H8FN3. The van der Waals surface area contributed by atoms with Gasteiger partial charge in [0.15, 0.2) is 5.65 Å². The fourth-order valence-electron chi connectivity index (χ4n) is 1.21. The van der Waals surface area contributed by atoms with Gasteiger partial charge >= 0.3 is 0 Å². The van der Waals surface area contributed by atoms with Crippen LogP contribution in [0.15, 0.2) is 18.5 Å². The van der Waals surface area contributed by atoms with Crippen molar-refractivity contribution in [1.29, 1.82) is 0 Å². The van der Waals surface area contributed by atoms with E-state index in [4.69, 9.17) is 5.73 Å². The van der Waals surface area contributed by atoms with Gasteiger partial charge < -0.3 is 10.1 Å². The van der Waals surface area contributed by atoms with E-state index in [1.54, 1.807) is 10.6 Å². The molecule has 0 amide bonds. The van der Waals surface area contributed by atoms with Gasteiger partial charge in [0.05, 0.1) is 11.4 Å². The van der Waals surface area contributed by atoms with Crippen LogP contribution in [0.5, 0.6) is 0 Å². The number of anilines is 1. The van der Waals surface area contributed by atoms with Crippen molar-refractivity contribution >= 4 is 11.3 Å². The average Bonchev–Trinajstić information content (AvgIpc) is 2.29. The summed E-state index contributed by atoms with van der Waals surface area (Å²) in [5, 5.41) is 0. The van der Waals surface area contributed by atoms with Crippen LogP contribution in [0.4, 0.5) is 10.1 Å². The van der Waals surface area contributed by atoms with Crippen molar-refractivity contribution in [1.82, 2.24) is 9.38 Å². The van der Waals surface area contributed by atoms with E-state index in [2.05, 4.69) is 4.98 Å². The Morgan fingerprint density at radius 2 is 2.25 bits per heavy atom. The Morgan fingerprint density at radius 3 is 3.00 bits per heavy atom. The summed E-state index contributed by atoms with van der Waals surface area (Å²) in [6, 6.07) is 1.27. The largest absolute Gasteiger partial charge is 0.396 e. The van der Waals surface area contributed by atoms with Gasteiger partial charge in [-0.1, -0.05) is 0 Å². The van der Waals surface area contributed by atoms with Gasteiger partial charge in [0.25, 0.3) is 0 Å². The number of nitrogens with zero attached hydrogens (tertiary/aromatic N) is 2. The number of nitrogens with two attached hydrogens (primary N) is 1. The first-order chi connectivity index (χ1) is 5.66. The molecule has 0 radical (unpaired) electrons. The van der Waals surface area contributed by atoms with Crippen molar-refractivity contribution in [3.8, 4) is 0 Å². The molecule has 0 saturated heterocycles. The summed E-state index contributed by atoms with van der Waals surface area (Å²) in [5.41, 5.74) is 7.34. The van der Waals surface area contributed by atoms with Crippen molar-refractivity contribution in [2.75, 3.05) is 5.73 Å². The maximum Gasteiger partial charge on any atom is 0.160 e. The van der Waals surface area contributed by atoms with Crippen molar-refractivity contribution < 1.29 is 4.39 Å². The number of aromatic nitrogens is 2. The van der Waals surface area contributed by atoms with E-state index in [1.807, 2.05) is 6.92 Å². The predicted molar refractivity (Wildman–Crippen MR) is 44.3 cm³/mol. The van der Waals surface area contributed by atoms with E-state index < -0.39 is 0 Å². The highest BCUT2D eigenvalue weighted by Gasteiger charge is 2.03. The number of hydrogen-bond donors (Lipinski definition) is 1. The fraction of sp³-hybridized carbons (Fsp3) is 0.125. The van der Waals surface area contributed by atoms with Crippen molar-refractivity contribution in [2.24, 2.45) is 0 Å². The van der Waals surface area contributed by atoms with Crippen LogP contribution in [-0.4, -0.2) is 9.38 Å². The van der Waals surface area contributed by atoms with E-state index in [-0.39, 0.29) is 5.82 Å². The Morgan fingerprint density at radius 1 is 1.50 bits per heavy atom. The third-order valence-corrected chi connectivity index (χ3v) is 1.67. The van der Waals surface area contributed by atoms with Gasteiger partial charge in [-0.2, -0.15) is 0 Å². The molecule has 3 nitrogen and oxygen atoms in total. The van der Waals surface area contributed by atoms with Crippen LogP contribution in [0.3, 0.4) is 0 Å². The fourth-order valence-corrected chi connectivity index (χ4v) is 1.21. The van der Waals surface area contributed by atoms with Gasteiger partial charge in [-0.05, 0) is 6.92 Å². The maximum atomic E-state index is 12.8. The smallest absolute Gasteiger partial charge is 0.160 e. The number of halogens is 1. The number of rotatable bonds is 0. The molecule has 0 atom stereocenters. The number of fused-ring (bicyclic) bond motifs is 1. The molecule has 0 aliphatic rings. The van der Waals surface area contributed by atoms with Gasteiger partial charge in [0.1, 0.15) is 5.82 Å². The summed E-state index contributed by atoms with van der Waals surface area (Å²) in [7, 11) is 0. The van der Waals surface area contributed by atoms with Gasteiger partial charge in [-0.15, -0.1) is 0 Å². The second-order valence-corrected chi connectivity index (χ2v) is 2.73. The molecule has 2 aromatic heterocycles. The zero-order valence-corrected chi connectivity index (χ0v) is 6.58. The maximum absolute atomic E-state index is 12.8. The molecule has 0 unspecified atom stereocenters. The Bertz CT molecular complexity index is 433. The average molecular weight is 165 g/mol. The molecule has 0 aliphatic heterocycles. The molecule has 0 aliphatic carbocycles. The highest BCUT2D eigenvalue weighted by Crippen LogP contribution is 2.14. The molecule has 2 heterocycles. The molecule has 0 bridgehead atoms. The van der Waals surface area contributed by atoms with Crippen molar-refractivity contribution in [2.45, 2.75) is 6.92 Å². The molecule has 2 aromatic rings. The lowest BCUT2D eigenvalue weighted by atomic mass is 10.4. The number of hydrogen-bond acceptors (Lipinski definition) is 2. The molecule has 0 fully saturated rings. The lowest BCUT2D eigenvalue weighted by molar-refractivity contribution is 0.620. The Kier molecular flexibility index (Phi) is 1.30. The monoisotopic (exact) mass is 165 g/mol. The molecule has 62 valence electrons. The van der Waals surface area contributed by atoms with E-state index in [1.165, 1.54) is 12.3 Å². The van der Waals surface area contributed by atoms with E-state index in [9.17, 15) is 4.39 Å². The Hall–Kier alpha value is -1.58. The first-order valence-electron chi connectivity index (χ1n) is 3.57. The minimum Gasteiger partial charge on any atom is -0.396 e. The van der Waals surface area contributed by atoms with Crippen LogP contribution >= 0.6 is 0 Å². The summed E-state index contributed by atoms with van der Waals surface area (Å²) in [5.74, 6) is -0.350. The first kappa shape index (κ1) is 7.09. The third-order valence-electron chi connectivity index (χ3n) is 1.67. The second-order valence-electron chi connectivity index (χ2n) is 2.73. The van der Waals surface area contributed by atoms with Crippen molar-refractivity contribution in [3.63, 3.8) is 0 Å². The summed E-state index contributed by atoms with van der Waals surface area (Å²) in [6.45, 7) is 1.84. The van der Waals surface area contributed by atoms with Crippen molar-refractivity contribution in [3.05, 3.63) is 30.0 Å². The molecular weight excluding hydrogens is 157 g/mol. The quantitative estimate of drug-likeness (QED) is 0.640. The lowest BCUT2D eigenvalue weighted by Gasteiger charge is -1.96. The van der Waals surface area contributed by atoms with Crippen LogP contribution in [0.1, 0.15) is 5.69 Å². The molecule has 12 heavy (non-hydrogen) atoms. The standard InChI is InChI=1S/C8H8FN3/c1-5-3-12-4-6(9)2-7(10)8(12)11-5/h2-4H,10H2,1H3. The SMILES string of the molecule is Cc1cn2cc(F)cc(N)c2n1. The third kappa shape index (κ3) is 0.922. The molecule has 2 N–H and O–H groups in total. The number of aryl methyl sites for hydroxylation is 1. The minimum absolute atomic E-state index is 0.350. The second kappa shape index (κ2) is 2.20. The van der Waals surface area contributed by atoms with E-state index in [0.29, 0.717) is 11.3 Å². The zero-order valence-electron chi connectivity index (χ0n) is 6.58. The van der Waals surface area contributed by atoms with Crippen LogP contribution < -0.4 is 5.73 Å². The number of imidazole rings is 1. The Labute approximate surface area is 68.6 Å². The van der Waals surface area contributed by atoms with Gasteiger partial charge in [0, 0.05) is 18.5 Å². The van der Waals surface area contributed by atoms with Gasteiger partial charge in [-0.3, -0.25) is 0 Å². The normalized spacial score (nSPS) is 10.8. The summed E-state index contributed by atoms with van der Waals surface area (Å²) in [4.78, 5) is 4.13. The van der Waals surface area contributed by atoms with E-state index >= 15 is 0 Å². The number of pyridine rings is 1. The van der Waals surface area contributed by atoms with Crippen LogP contribution in [0, 0.1) is 12.7 Å². The van der Waals surface area contributed by atoms with Gasteiger partial charge in [-0.25, -0.2) is 9.37 Å². The molecule has 0 spiro atoms. The Balaban J connectivity index is 2.88. The first-order valence-corrected chi connectivity index (χ1v) is 3.57. The summed E-state index contributed by atoms with van der Waals surface area (Å²) in [6.07, 6.45) is 3.08. The molecule has 0 saturated carbocycles. The molecule has 0 aromatic carbocycles. The molecule has 2 rings (SSSR count). The van der Waals surface area contributed by atoms with Crippen LogP contribution in [0.25, 0.3) is 5.65 Å². The van der Waals surface area contributed by atoms with Gasteiger partial charge in [0.2, 0.25) is 0 Å². The molecule has 4 heteroatoms. The number of nitrogen functional groups attached to an aromatic ring is 1. The minimum atomic E-state index is -0.350. The summed E-state index contributed by atoms with van der Waals surface area (Å²) < 4.78 is 14.4.